The lowest BCUT2D eigenvalue weighted by molar-refractivity contribution is 0.0692. The number of carbonyl (C=O) groups is 1. The molecule has 1 aromatic heterocycles. The van der Waals surface area contributed by atoms with Gasteiger partial charge in [-0.1, -0.05) is 18.2 Å². The van der Waals surface area contributed by atoms with Crippen LogP contribution in [0.25, 0.3) is 23.1 Å². The summed E-state index contributed by atoms with van der Waals surface area (Å²) in [6, 6.07) is 8.30. The molecule has 6 heteroatoms. The lowest BCUT2D eigenvalue weighted by atomic mass is 10.1. The Labute approximate surface area is 123 Å². The zero-order chi connectivity index (χ0) is 15.7. The van der Waals surface area contributed by atoms with Gasteiger partial charge in [0.1, 0.15) is 11.6 Å². The van der Waals surface area contributed by atoms with Crippen LogP contribution >= 0.6 is 0 Å². The number of nitrogens with one attached hydrogen (secondary N) is 1. The van der Waals surface area contributed by atoms with Crippen LogP contribution < -0.4 is 0 Å². The third-order valence-corrected chi connectivity index (χ3v) is 3.19. The van der Waals surface area contributed by atoms with E-state index in [2.05, 4.69) is 10.2 Å². The molecule has 110 valence electrons. The Morgan fingerprint density at radius 3 is 2.73 bits per heavy atom. The van der Waals surface area contributed by atoms with Crippen molar-refractivity contribution >= 4 is 29.0 Å². The van der Waals surface area contributed by atoms with E-state index in [0.717, 1.165) is 6.07 Å². The molecule has 0 atom stereocenters. The van der Waals surface area contributed by atoms with Crippen LogP contribution in [0.5, 0.6) is 0 Å². The molecule has 0 unspecified atom stereocenters. The fourth-order valence-electron chi connectivity index (χ4n) is 2.13. The highest BCUT2D eigenvalue weighted by Crippen LogP contribution is 2.22. The molecule has 0 saturated heterocycles. The highest BCUT2D eigenvalue weighted by Gasteiger charge is 2.14. The second-order valence-electron chi connectivity index (χ2n) is 4.68. The Bertz CT molecular complexity index is 900. The molecular weight excluding hydrogens is 290 g/mol. The van der Waals surface area contributed by atoms with E-state index in [0.29, 0.717) is 22.2 Å². The first-order chi connectivity index (χ1) is 10.5. The third-order valence-electron chi connectivity index (χ3n) is 3.19. The number of halogens is 2. The lowest BCUT2D eigenvalue weighted by Crippen LogP contribution is -1.99. The first-order valence-corrected chi connectivity index (χ1v) is 6.39. The zero-order valence-electron chi connectivity index (χ0n) is 11.2. The maximum Gasteiger partial charge on any atom is 0.338 e. The molecule has 2 N–H and O–H groups in total. The second-order valence-corrected chi connectivity index (χ2v) is 4.68. The number of fused-ring (bicyclic) bond motifs is 1. The molecule has 0 saturated carbocycles. The van der Waals surface area contributed by atoms with Gasteiger partial charge in [-0.3, -0.25) is 5.10 Å². The number of hydrogen-bond acceptors (Lipinski definition) is 2. The maximum atomic E-state index is 13.6. The summed E-state index contributed by atoms with van der Waals surface area (Å²) < 4.78 is 26.7. The predicted molar refractivity (Wildman–Crippen MR) is 78.3 cm³/mol. The van der Waals surface area contributed by atoms with Crippen molar-refractivity contribution in [2.45, 2.75) is 0 Å². The molecule has 0 aliphatic carbocycles. The number of carboxylic acids is 1. The monoisotopic (exact) mass is 300 g/mol. The Morgan fingerprint density at radius 2 is 2.00 bits per heavy atom. The molecule has 0 amide bonds. The van der Waals surface area contributed by atoms with Crippen molar-refractivity contribution in [1.29, 1.82) is 0 Å². The molecule has 0 aliphatic heterocycles. The highest BCUT2D eigenvalue weighted by molar-refractivity contribution is 5.97. The molecule has 4 nitrogen and oxygen atoms in total. The standard InChI is InChI=1S/C16H10F2N2O2/c17-10-3-1-2-9(6-10)4-5-14-12-7-11(16(21)22)13(18)8-15(12)20-19-14/h1-8H,(H,19,20)(H,21,22). The minimum absolute atomic E-state index is 0.357. The van der Waals surface area contributed by atoms with Gasteiger partial charge in [-0.05, 0) is 29.8 Å². The van der Waals surface area contributed by atoms with Gasteiger partial charge < -0.3 is 5.11 Å². The van der Waals surface area contributed by atoms with Crippen molar-refractivity contribution in [1.82, 2.24) is 10.2 Å². The van der Waals surface area contributed by atoms with Crippen LogP contribution in [0.1, 0.15) is 21.6 Å². The molecule has 2 aromatic carbocycles. The van der Waals surface area contributed by atoms with Gasteiger partial charge in [0.15, 0.2) is 0 Å². The molecule has 3 aromatic rings. The Hall–Kier alpha value is -3.02. The van der Waals surface area contributed by atoms with Gasteiger partial charge >= 0.3 is 5.97 Å². The summed E-state index contributed by atoms with van der Waals surface area (Å²) in [5.74, 6) is -2.53. The van der Waals surface area contributed by atoms with Crippen molar-refractivity contribution in [3.05, 3.63) is 64.9 Å². The maximum absolute atomic E-state index is 13.6. The van der Waals surface area contributed by atoms with Gasteiger partial charge in [-0.15, -0.1) is 0 Å². The minimum atomic E-state index is -1.35. The van der Waals surface area contributed by atoms with Crippen LogP contribution in [-0.4, -0.2) is 21.3 Å². The van der Waals surface area contributed by atoms with Crippen LogP contribution in [0.3, 0.4) is 0 Å². The Balaban J connectivity index is 2.04. The smallest absolute Gasteiger partial charge is 0.338 e. The fourth-order valence-corrected chi connectivity index (χ4v) is 2.13. The van der Waals surface area contributed by atoms with Gasteiger partial charge in [-0.25, -0.2) is 13.6 Å². The number of H-pyrrole nitrogens is 1. The summed E-state index contributed by atoms with van der Waals surface area (Å²) >= 11 is 0. The molecule has 0 bridgehead atoms. The molecule has 0 fully saturated rings. The summed E-state index contributed by atoms with van der Waals surface area (Å²) in [6.45, 7) is 0. The molecule has 3 rings (SSSR count). The van der Waals surface area contributed by atoms with Crippen LogP contribution in [0.15, 0.2) is 36.4 Å². The summed E-state index contributed by atoms with van der Waals surface area (Å²) in [5, 5.41) is 16.1. The molecule has 0 spiro atoms. The summed E-state index contributed by atoms with van der Waals surface area (Å²) in [5.41, 5.74) is 1.05. The normalized spacial score (nSPS) is 11.4. The van der Waals surface area contributed by atoms with Gasteiger partial charge in [0.2, 0.25) is 0 Å². The quantitative estimate of drug-likeness (QED) is 0.775. The van der Waals surface area contributed by atoms with Crippen LogP contribution in [0.4, 0.5) is 8.78 Å². The van der Waals surface area contributed by atoms with Crippen LogP contribution in [0.2, 0.25) is 0 Å². The van der Waals surface area contributed by atoms with Gasteiger partial charge in [0.25, 0.3) is 0 Å². The van der Waals surface area contributed by atoms with E-state index in [1.165, 1.54) is 18.2 Å². The van der Waals surface area contributed by atoms with Crippen molar-refractivity contribution in [3.8, 4) is 0 Å². The predicted octanol–water partition coefficient (Wildman–Crippen LogP) is 3.71. The average Bonchev–Trinajstić information content (AvgIpc) is 2.86. The molecule has 0 aliphatic rings. The second kappa shape index (κ2) is 5.40. The van der Waals surface area contributed by atoms with Crippen molar-refractivity contribution in [2.24, 2.45) is 0 Å². The van der Waals surface area contributed by atoms with E-state index in [-0.39, 0.29) is 5.82 Å². The SMILES string of the molecule is O=C(O)c1cc2c(C=Cc3cccc(F)c3)n[nH]c2cc1F. The molecule has 0 radical (unpaired) electrons. The van der Waals surface area contributed by atoms with E-state index in [1.807, 2.05) is 0 Å². The number of benzene rings is 2. The fraction of sp³-hybridized carbons (Fsp3) is 0. The van der Waals surface area contributed by atoms with Crippen molar-refractivity contribution < 1.29 is 18.7 Å². The number of carboxylic acid groups (broad SMARTS) is 1. The first kappa shape index (κ1) is 13.9. The van der Waals surface area contributed by atoms with E-state index in [9.17, 15) is 13.6 Å². The van der Waals surface area contributed by atoms with Gasteiger partial charge in [-0.2, -0.15) is 5.10 Å². The summed E-state index contributed by atoms with van der Waals surface area (Å²) in [6.07, 6.45) is 3.25. The van der Waals surface area contributed by atoms with Crippen LogP contribution in [0, 0.1) is 11.6 Å². The number of rotatable bonds is 3. The Kier molecular flexibility index (Phi) is 3.42. The third kappa shape index (κ3) is 2.58. The number of hydrogen-bond donors (Lipinski definition) is 2. The van der Waals surface area contributed by atoms with E-state index in [1.54, 1.807) is 24.3 Å². The van der Waals surface area contributed by atoms with E-state index < -0.39 is 17.3 Å². The molecular formula is C16H10F2N2O2. The number of nitrogens with zero attached hydrogens (tertiary/aromatic N) is 1. The topological polar surface area (TPSA) is 66.0 Å². The summed E-state index contributed by atoms with van der Waals surface area (Å²) in [4.78, 5) is 11.0. The number of aromatic amines is 1. The number of aromatic carboxylic acids is 1. The van der Waals surface area contributed by atoms with Crippen molar-refractivity contribution in [2.75, 3.05) is 0 Å². The van der Waals surface area contributed by atoms with Crippen molar-refractivity contribution in [3.63, 3.8) is 0 Å². The average molecular weight is 300 g/mol. The summed E-state index contributed by atoms with van der Waals surface area (Å²) in [7, 11) is 0. The molecule has 22 heavy (non-hydrogen) atoms. The van der Waals surface area contributed by atoms with Gasteiger partial charge in [0.05, 0.1) is 16.8 Å². The largest absolute Gasteiger partial charge is 0.478 e. The number of aromatic nitrogens is 2. The van der Waals surface area contributed by atoms with Crippen LogP contribution in [-0.2, 0) is 0 Å². The first-order valence-electron chi connectivity index (χ1n) is 6.39. The molecule has 1 heterocycles. The Morgan fingerprint density at radius 1 is 1.18 bits per heavy atom. The highest BCUT2D eigenvalue weighted by atomic mass is 19.1. The van der Waals surface area contributed by atoms with E-state index in [4.69, 9.17) is 5.11 Å². The minimum Gasteiger partial charge on any atom is -0.478 e. The lowest BCUT2D eigenvalue weighted by Gasteiger charge is -1.98. The van der Waals surface area contributed by atoms with Gasteiger partial charge in [0, 0.05) is 11.5 Å². The van der Waals surface area contributed by atoms with E-state index >= 15 is 0 Å². The zero-order valence-corrected chi connectivity index (χ0v) is 11.2.